The molecule has 5 heteroatoms. The molecule has 1 aromatic rings. The van der Waals surface area contributed by atoms with E-state index in [0.29, 0.717) is 13.0 Å². The molecular weight excluding hydrogens is 232 g/mol. The molecule has 96 valence electrons. The van der Waals surface area contributed by atoms with Gasteiger partial charge >= 0.3 is 5.97 Å². The van der Waals surface area contributed by atoms with Crippen molar-refractivity contribution in [3.05, 3.63) is 30.1 Å². The van der Waals surface area contributed by atoms with E-state index in [1.807, 2.05) is 6.07 Å². The molecule has 0 unspecified atom stereocenters. The molecule has 1 aliphatic rings. The standard InChI is InChI=1S/C13H16N2O3/c1-9(10-4-2-6-14-8-10)12(16)15-7-3-5-11(15)13(17)18/h2,4,6,8-9,11H,3,5,7H2,1H3,(H,17,18)/t9-,11-/m0/s1. The van der Waals surface area contributed by atoms with Crippen LogP contribution in [-0.2, 0) is 9.59 Å². The van der Waals surface area contributed by atoms with Gasteiger partial charge in [0, 0.05) is 18.9 Å². The summed E-state index contributed by atoms with van der Waals surface area (Å²) in [5.74, 6) is -1.40. The van der Waals surface area contributed by atoms with Gasteiger partial charge in [0.2, 0.25) is 5.91 Å². The maximum Gasteiger partial charge on any atom is 0.326 e. The van der Waals surface area contributed by atoms with Gasteiger partial charge in [0.05, 0.1) is 5.92 Å². The number of carboxylic acid groups (broad SMARTS) is 1. The lowest BCUT2D eigenvalue weighted by atomic mass is 10.0. The fourth-order valence-electron chi connectivity index (χ4n) is 2.31. The van der Waals surface area contributed by atoms with Gasteiger partial charge in [0.15, 0.2) is 0 Å². The molecule has 2 rings (SSSR count). The first-order valence-electron chi connectivity index (χ1n) is 6.04. The van der Waals surface area contributed by atoms with E-state index in [1.54, 1.807) is 25.4 Å². The lowest BCUT2D eigenvalue weighted by Crippen LogP contribution is -2.42. The molecule has 18 heavy (non-hydrogen) atoms. The number of aromatic nitrogens is 1. The van der Waals surface area contributed by atoms with Crippen LogP contribution in [0.3, 0.4) is 0 Å². The summed E-state index contributed by atoms with van der Waals surface area (Å²) in [7, 11) is 0. The molecule has 0 spiro atoms. The molecule has 2 atom stereocenters. The SMILES string of the molecule is C[C@H](C(=O)N1CCC[C@H]1C(=O)O)c1cccnc1. The maximum absolute atomic E-state index is 12.3. The highest BCUT2D eigenvalue weighted by Gasteiger charge is 2.36. The number of nitrogens with zero attached hydrogens (tertiary/aromatic N) is 2. The number of carbonyl (C=O) groups is 2. The zero-order chi connectivity index (χ0) is 13.1. The Bertz CT molecular complexity index is 447. The predicted octanol–water partition coefficient (Wildman–Crippen LogP) is 1.26. The quantitative estimate of drug-likeness (QED) is 0.874. The number of rotatable bonds is 3. The van der Waals surface area contributed by atoms with Gasteiger partial charge in [-0.25, -0.2) is 4.79 Å². The number of hydrogen-bond acceptors (Lipinski definition) is 3. The van der Waals surface area contributed by atoms with Crippen LogP contribution < -0.4 is 0 Å². The molecule has 1 aliphatic heterocycles. The van der Waals surface area contributed by atoms with E-state index in [1.165, 1.54) is 4.90 Å². The van der Waals surface area contributed by atoms with Gasteiger partial charge in [-0.2, -0.15) is 0 Å². The number of carboxylic acids is 1. The highest BCUT2D eigenvalue weighted by Crippen LogP contribution is 2.24. The zero-order valence-corrected chi connectivity index (χ0v) is 10.2. The molecule has 1 aromatic heterocycles. The van der Waals surface area contributed by atoms with Gasteiger partial charge in [-0.05, 0) is 31.4 Å². The third-order valence-electron chi connectivity index (χ3n) is 3.38. The fourth-order valence-corrected chi connectivity index (χ4v) is 2.31. The van der Waals surface area contributed by atoms with Crippen molar-refractivity contribution in [2.24, 2.45) is 0 Å². The van der Waals surface area contributed by atoms with Crippen LogP contribution in [0.4, 0.5) is 0 Å². The summed E-state index contributed by atoms with van der Waals surface area (Å²) in [6.07, 6.45) is 4.59. The Kier molecular flexibility index (Phi) is 3.60. The van der Waals surface area contributed by atoms with E-state index in [9.17, 15) is 9.59 Å². The van der Waals surface area contributed by atoms with Gasteiger partial charge in [-0.15, -0.1) is 0 Å². The molecule has 0 aliphatic carbocycles. The first-order valence-corrected chi connectivity index (χ1v) is 6.04. The van der Waals surface area contributed by atoms with Crippen molar-refractivity contribution in [1.29, 1.82) is 0 Å². The van der Waals surface area contributed by atoms with Gasteiger partial charge in [-0.1, -0.05) is 6.07 Å². The topological polar surface area (TPSA) is 70.5 Å². The molecule has 1 saturated heterocycles. The Morgan fingerprint density at radius 3 is 2.94 bits per heavy atom. The van der Waals surface area contributed by atoms with Crippen molar-refractivity contribution in [3.63, 3.8) is 0 Å². The second-order valence-corrected chi connectivity index (χ2v) is 4.54. The van der Waals surface area contributed by atoms with Crippen LogP contribution in [-0.4, -0.2) is 39.5 Å². The smallest absolute Gasteiger partial charge is 0.326 e. The summed E-state index contributed by atoms with van der Waals surface area (Å²) in [5.41, 5.74) is 0.818. The summed E-state index contributed by atoms with van der Waals surface area (Å²) >= 11 is 0. The van der Waals surface area contributed by atoms with Crippen LogP contribution in [0, 0.1) is 0 Å². The fraction of sp³-hybridized carbons (Fsp3) is 0.462. The third-order valence-corrected chi connectivity index (χ3v) is 3.38. The summed E-state index contributed by atoms with van der Waals surface area (Å²) in [6.45, 7) is 2.32. The van der Waals surface area contributed by atoms with Crippen LogP contribution in [0.2, 0.25) is 0 Å². The summed E-state index contributed by atoms with van der Waals surface area (Å²) in [4.78, 5) is 28.8. The van der Waals surface area contributed by atoms with E-state index < -0.39 is 12.0 Å². The van der Waals surface area contributed by atoms with E-state index in [-0.39, 0.29) is 11.8 Å². The molecule has 1 N–H and O–H groups in total. The Morgan fingerprint density at radius 1 is 1.56 bits per heavy atom. The maximum atomic E-state index is 12.3. The number of likely N-dealkylation sites (tertiary alicyclic amines) is 1. The number of pyridine rings is 1. The molecular formula is C13H16N2O3. The average Bonchev–Trinajstić information content (AvgIpc) is 2.87. The van der Waals surface area contributed by atoms with E-state index in [2.05, 4.69) is 4.98 Å². The van der Waals surface area contributed by atoms with Crippen molar-refractivity contribution in [3.8, 4) is 0 Å². The normalized spacial score (nSPS) is 20.7. The van der Waals surface area contributed by atoms with Crippen molar-refractivity contribution in [1.82, 2.24) is 9.88 Å². The molecule has 2 heterocycles. The van der Waals surface area contributed by atoms with Crippen LogP contribution in [0.5, 0.6) is 0 Å². The van der Waals surface area contributed by atoms with Crippen LogP contribution >= 0.6 is 0 Å². The second kappa shape index (κ2) is 5.16. The molecule has 1 fully saturated rings. The second-order valence-electron chi connectivity index (χ2n) is 4.54. The van der Waals surface area contributed by atoms with E-state index in [4.69, 9.17) is 5.11 Å². The Labute approximate surface area is 105 Å². The Hall–Kier alpha value is -1.91. The number of carbonyl (C=O) groups excluding carboxylic acids is 1. The Balaban J connectivity index is 2.14. The molecule has 1 amide bonds. The summed E-state index contributed by atoms with van der Waals surface area (Å²) in [5, 5.41) is 9.08. The van der Waals surface area contributed by atoms with Gasteiger partial charge < -0.3 is 10.0 Å². The predicted molar refractivity (Wildman–Crippen MR) is 65.0 cm³/mol. The van der Waals surface area contributed by atoms with Crippen molar-refractivity contribution < 1.29 is 14.7 Å². The molecule has 0 radical (unpaired) electrons. The van der Waals surface area contributed by atoms with Crippen LogP contribution in [0.1, 0.15) is 31.2 Å². The largest absolute Gasteiger partial charge is 0.480 e. The molecule has 0 aromatic carbocycles. The monoisotopic (exact) mass is 248 g/mol. The minimum absolute atomic E-state index is 0.132. The van der Waals surface area contributed by atoms with Gasteiger partial charge in [-0.3, -0.25) is 9.78 Å². The highest BCUT2D eigenvalue weighted by atomic mass is 16.4. The van der Waals surface area contributed by atoms with Crippen LogP contribution in [0.15, 0.2) is 24.5 Å². The lowest BCUT2D eigenvalue weighted by Gasteiger charge is -2.24. The average molecular weight is 248 g/mol. The number of amides is 1. The van der Waals surface area contributed by atoms with Crippen LogP contribution in [0.25, 0.3) is 0 Å². The number of hydrogen-bond donors (Lipinski definition) is 1. The third kappa shape index (κ3) is 2.34. The van der Waals surface area contributed by atoms with Crippen molar-refractivity contribution in [2.45, 2.75) is 31.7 Å². The number of aliphatic carboxylic acids is 1. The van der Waals surface area contributed by atoms with Gasteiger partial charge in [0.25, 0.3) is 0 Å². The van der Waals surface area contributed by atoms with Crippen molar-refractivity contribution in [2.75, 3.05) is 6.54 Å². The molecule has 5 nitrogen and oxygen atoms in total. The highest BCUT2D eigenvalue weighted by molar-refractivity contribution is 5.88. The zero-order valence-electron chi connectivity index (χ0n) is 10.2. The van der Waals surface area contributed by atoms with Gasteiger partial charge in [0.1, 0.15) is 6.04 Å². The summed E-state index contributed by atoms with van der Waals surface area (Å²) in [6, 6.07) is 2.94. The Morgan fingerprint density at radius 2 is 2.33 bits per heavy atom. The van der Waals surface area contributed by atoms with Crippen molar-refractivity contribution >= 4 is 11.9 Å². The first kappa shape index (κ1) is 12.5. The van der Waals surface area contributed by atoms with E-state index >= 15 is 0 Å². The first-order chi connectivity index (χ1) is 8.61. The molecule has 0 saturated carbocycles. The minimum Gasteiger partial charge on any atom is -0.480 e. The lowest BCUT2D eigenvalue weighted by molar-refractivity contribution is -0.148. The van der Waals surface area contributed by atoms with E-state index in [0.717, 1.165) is 12.0 Å². The summed E-state index contributed by atoms with van der Waals surface area (Å²) < 4.78 is 0. The minimum atomic E-state index is -0.917. The molecule has 0 bridgehead atoms.